The highest BCUT2D eigenvalue weighted by atomic mass is 35.5. The molecule has 2 nitrogen and oxygen atoms in total. The zero-order valence-corrected chi connectivity index (χ0v) is 6.66. The van der Waals surface area contributed by atoms with E-state index in [1.807, 2.05) is 0 Å². The molecule has 0 aromatic heterocycles. The van der Waals surface area contributed by atoms with E-state index in [9.17, 15) is 9.90 Å². The zero-order valence-electron chi connectivity index (χ0n) is 5.15. The third kappa shape index (κ3) is 2.03. The van der Waals surface area contributed by atoms with E-state index in [0.717, 1.165) is 0 Å². The second-order valence-electron chi connectivity index (χ2n) is 2.07. The van der Waals surface area contributed by atoms with Crippen molar-refractivity contribution >= 4 is 29.2 Å². The molecule has 4 heteroatoms. The molecule has 0 aromatic carbocycles. The van der Waals surface area contributed by atoms with Crippen molar-refractivity contribution < 1.29 is 9.90 Å². The Kier molecular flexibility index (Phi) is 2.77. The smallest absolute Gasteiger partial charge is 0.244 e. The van der Waals surface area contributed by atoms with Gasteiger partial charge in [0.2, 0.25) is 4.33 Å². The van der Waals surface area contributed by atoms with Crippen molar-refractivity contribution in [1.82, 2.24) is 0 Å². The monoisotopic (exact) mass is 169 g/mol. The van der Waals surface area contributed by atoms with Gasteiger partial charge in [-0.25, -0.2) is 9.90 Å². The fourth-order valence-electron chi connectivity index (χ4n) is 0.236. The highest BCUT2D eigenvalue weighted by Crippen LogP contribution is 2.30. The molecule has 1 radical (unpaired) electrons. The number of hydrogen-bond acceptors (Lipinski definition) is 1. The first-order valence-electron chi connectivity index (χ1n) is 2.48. The minimum Gasteiger partial charge on any atom is -0.244 e. The van der Waals surface area contributed by atoms with Crippen molar-refractivity contribution in [1.29, 1.82) is 0 Å². The first kappa shape index (κ1) is 9.05. The summed E-state index contributed by atoms with van der Waals surface area (Å²) in [6, 6.07) is 0. The minimum absolute atomic E-state index is 0.342. The summed E-state index contributed by atoms with van der Waals surface area (Å²) in [6.45, 7) is 3.21. The largest absolute Gasteiger partial charge is 0.391 e. The van der Waals surface area contributed by atoms with Crippen LogP contribution in [0, 0.1) is 5.92 Å². The fourth-order valence-corrected chi connectivity index (χ4v) is 0.236. The van der Waals surface area contributed by atoms with E-state index in [4.69, 9.17) is 23.2 Å². The molecule has 0 N–H and O–H groups in total. The van der Waals surface area contributed by atoms with Crippen LogP contribution in [0.25, 0.3) is 0 Å². The summed E-state index contributed by atoms with van der Waals surface area (Å²) in [5.74, 6) is -1.79. The van der Waals surface area contributed by atoms with Crippen LogP contribution >= 0.6 is 23.2 Å². The van der Waals surface area contributed by atoms with Crippen molar-refractivity contribution in [3.05, 3.63) is 0 Å². The maximum absolute atomic E-state index is 10.1. The molecule has 0 heterocycles. The van der Waals surface area contributed by atoms with Gasteiger partial charge in [0.1, 0.15) is 0 Å². The van der Waals surface area contributed by atoms with Gasteiger partial charge in [-0.05, 0) is 5.92 Å². The van der Waals surface area contributed by atoms with Crippen molar-refractivity contribution in [2.24, 2.45) is 5.92 Å². The molecule has 0 rings (SSSR count). The van der Waals surface area contributed by atoms with Crippen molar-refractivity contribution in [2.45, 2.75) is 18.2 Å². The lowest BCUT2D eigenvalue weighted by Crippen LogP contribution is -2.30. The normalized spacial score (nSPS) is 12.1. The number of hydrogen-bond donors (Lipinski definition) is 0. The molecular formula is C5H7Cl2O2. The molecule has 53 valence electrons. The number of rotatable bonds is 2. The summed E-state index contributed by atoms with van der Waals surface area (Å²) < 4.78 is -1.75. The number of halogens is 2. The second-order valence-corrected chi connectivity index (χ2v) is 3.45. The van der Waals surface area contributed by atoms with Gasteiger partial charge >= 0.3 is 5.97 Å². The summed E-state index contributed by atoms with van der Waals surface area (Å²) in [6.07, 6.45) is 0. The van der Waals surface area contributed by atoms with Gasteiger partial charge in [0, 0.05) is 0 Å². The predicted molar refractivity (Wildman–Crippen MR) is 35.0 cm³/mol. The molecule has 0 spiro atoms. The van der Waals surface area contributed by atoms with Gasteiger partial charge in [-0.15, -0.1) is 0 Å². The number of carbonyl (C=O) groups is 1. The SMILES string of the molecule is CC(C)C(Cl)(Cl)C([O])=O. The Morgan fingerprint density at radius 2 is 1.78 bits per heavy atom. The summed E-state index contributed by atoms with van der Waals surface area (Å²) in [4.78, 5) is 10.1. The molecule has 9 heavy (non-hydrogen) atoms. The van der Waals surface area contributed by atoms with Gasteiger partial charge in [0.25, 0.3) is 0 Å². The summed E-state index contributed by atoms with van der Waals surface area (Å²) in [7, 11) is 0. The molecule has 0 aliphatic heterocycles. The Morgan fingerprint density at radius 3 is 1.78 bits per heavy atom. The number of carbonyl (C=O) groups excluding carboxylic acids is 1. The average Bonchev–Trinajstić information content (AvgIpc) is 1.65. The lowest BCUT2D eigenvalue weighted by molar-refractivity contribution is -0.144. The Balaban J connectivity index is 4.19. The van der Waals surface area contributed by atoms with Gasteiger partial charge in [0.15, 0.2) is 0 Å². The summed E-state index contributed by atoms with van der Waals surface area (Å²) >= 11 is 10.6. The fraction of sp³-hybridized carbons (Fsp3) is 0.800. The first-order valence-corrected chi connectivity index (χ1v) is 3.24. The third-order valence-electron chi connectivity index (χ3n) is 0.997. The van der Waals surface area contributed by atoms with Crippen LogP contribution < -0.4 is 0 Å². The molecular weight excluding hydrogens is 163 g/mol. The summed E-state index contributed by atoms with van der Waals surface area (Å²) in [5.41, 5.74) is 0. The van der Waals surface area contributed by atoms with Crippen LogP contribution in [-0.2, 0) is 9.90 Å². The van der Waals surface area contributed by atoms with Crippen molar-refractivity contribution in [3.8, 4) is 0 Å². The standard InChI is InChI=1S/C5H7Cl2O2/c1-3(2)5(6,7)4(8)9/h3H,1-2H3. The maximum Gasteiger partial charge on any atom is 0.391 e. The summed E-state index contributed by atoms with van der Waals surface area (Å²) in [5, 5.41) is 10.1. The van der Waals surface area contributed by atoms with Crippen LogP contribution in [-0.4, -0.2) is 10.3 Å². The first-order chi connectivity index (χ1) is 3.89. The predicted octanol–water partition coefficient (Wildman–Crippen LogP) is 1.77. The second kappa shape index (κ2) is 2.76. The maximum atomic E-state index is 10.1. The molecule has 0 bridgehead atoms. The van der Waals surface area contributed by atoms with E-state index in [2.05, 4.69) is 0 Å². The van der Waals surface area contributed by atoms with Crippen molar-refractivity contribution in [3.63, 3.8) is 0 Å². The van der Waals surface area contributed by atoms with Crippen LogP contribution in [0.1, 0.15) is 13.8 Å². The molecule has 0 amide bonds. The van der Waals surface area contributed by atoms with Crippen LogP contribution in [0.15, 0.2) is 0 Å². The van der Waals surface area contributed by atoms with Gasteiger partial charge in [-0.3, -0.25) is 0 Å². The van der Waals surface area contributed by atoms with E-state index in [0.29, 0.717) is 0 Å². The van der Waals surface area contributed by atoms with Crippen LogP contribution in [0.2, 0.25) is 0 Å². The molecule has 0 atom stereocenters. The number of alkyl halides is 2. The lowest BCUT2D eigenvalue weighted by Gasteiger charge is -2.15. The van der Waals surface area contributed by atoms with Crippen LogP contribution in [0.3, 0.4) is 0 Å². The van der Waals surface area contributed by atoms with Gasteiger partial charge < -0.3 is 0 Å². The molecule has 0 aliphatic carbocycles. The molecule has 0 saturated carbocycles. The third-order valence-corrected chi connectivity index (χ3v) is 2.18. The molecule has 0 saturated heterocycles. The van der Waals surface area contributed by atoms with E-state index < -0.39 is 10.3 Å². The quantitative estimate of drug-likeness (QED) is 0.581. The van der Waals surface area contributed by atoms with Gasteiger partial charge in [0.05, 0.1) is 0 Å². The van der Waals surface area contributed by atoms with Crippen molar-refractivity contribution in [2.75, 3.05) is 0 Å². The Bertz CT molecular complexity index is 120. The van der Waals surface area contributed by atoms with Crippen LogP contribution in [0.5, 0.6) is 0 Å². The van der Waals surface area contributed by atoms with E-state index in [-0.39, 0.29) is 5.92 Å². The molecule has 0 aromatic rings. The molecule has 0 unspecified atom stereocenters. The Morgan fingerprint density at radius 1 is 1.44 bits per heavy atom. The lowest BCUT2D eigenvalue weighted by atomic mass is 10.1. The Labute approximate surface area is 63.8 Å². The van der Waals surface area contributed by atoms with E-state index in [1.54, 1.807) is 13.8 Å². The highest BCUT2D eigenvalue weighted by molar-refractivity contribution is 6.57. The molecule has 0 aliphatic rings. The van der Waals surface area contributed by atoms with Crippen LogP contribution in [0.4, 0.5) is 0 Å². The highest BCUT2D eigenvalue weighted by Gasteiger charge is 2.38. The average molecular weight is 170 g/mol. The Hall–Kier alpha value is 0.0500. The minimum atomic E-state index is -1.75. The topological polar surface area (TPSA) is 37.0 Å². The van der Waals surface area contributed by atoms with E-state index >= 15 is 0 Å². The molecule has 0 fully saturated rings. The van der Waals surface area contributed by atoms with Gasteiger partial charge in [-0.2, -0.15) is 0 Å². The zero-order chi connectivity index (χ0) is 7.65. The van der Waals surface area contributed by atoms with Gasteiger partial charge in [-0.1, -0.05) is 37.0 Å². The van der Waals surface area contributed by atoms with E-state index in [1.165, 1.54) is 0 Å².